The van der Waals surface area contributed by atoms with Crippen LogP contribution in [0.5, 0.6) is 0 Å². The van der Waals surface area contributed by atoms with E-state index in [9.17, 15) is 4.79 Å². The lowest BCUT2D eigenvalue weighted by atomic mass is 10.1. The molecule has 20 heavy (non-hydrogen) atoms. The third-order valence-electron chi connectivity index (χ3n) is 3.64. The first kappa shape index (κ1) is 12.7. The molecule has 3 rings (SSSR count). The summed E-state index contributed by atoms with van der Waals surface area (Å²) >= 11 is 0. The molecule has 0 bridgehead atoms. The highest BCUT2D eigenvalue weighted by atomic mass is 16.1. The van der Waals surface area contributed by atoms with E-state index in [4.69, 9.17) is 0 Å². The molecule has 0 fully saturated rings. The highest BCUT2D eigenvalue weighted by Crippen LogP contribution is 2.20. The van der Waals surface area contributed by atoms with E-state index < -0.39 is 0 Å². The number of fused-ring (bicyclic) bond motifs is 1. The van der Waals surface area contributed by atoms with Gasteiger partial charge in [0.2, 0.25) is 0 Å². The van der Waals surface area contributed by atoms with Crippen LogP contribution >= 0.6 is 0 Å². The smallest absolute Gasteiger partial charge is 0.253 e. The van der Waals surface area contributed by atoms with Gasteiger partial charge in [-0.05, 0) is 42.7 Å². The number of rotatable bonds is 2. The van der Waals surface area contributed by atoms with Crippen LogP contribution in [0.15, 0.2) is 41.6 Å². The molecule has 0 aliphatic rings. The maximum Gasteiger partial charge on any atom is 0.253 e. The van der Waals surface area contributed by atoms with Crippen molar-refractivity contribution in [2.45, 2.75) is 20.3 Å². The molecule has 0 unspecified atom stereocenters. The molecule has 102 valence electrons. The van der Waals surface area contributed by atoms with E-state index in [0.29, 0.717) is 0 Å². The van der Waals surface area contributed by atoms with Gasteiger partial charge in [0, 0.05) is 36.9 Å². The van der Waals surface area contributed by atoms with Crippen molar-refractivity contribution < 1.29 is 0 Å². The Bertz CT molecular complexity index is 816. The van der Waals surface area contributed by atoms with Crippen LogP contribution in [0, 0.1) is 6.92 Å². The minimum absolute atomic E-state index is 0.0479. The molecule has 3 aromatic heterocycles. The summed E-state index contributed by atoms with van der Waals surface area (Å²) in [6.45, 7) is 3.96. The molecule has 0 spiro atoms. The minimum atomic E-state index is 0.0479. The highest BCUT2D eigenvalue weighted by molar-refractivity contribution is 5.64. The van der Waals surface area contributed by atoms with Gasteiger partial charge in [0.25, 0.3) is 5.56 Å². The molecular formula is C16H17N3O. The van der Waals surface area contributed by atoms with Crippen LogP contribution in [-0.2, 0) is 13.5 Å². The Morgan fingerprint density at radius 1 is 1.20 bits per heavy atom. The van der Waals surface area contributed by atoms with Crippen LogP contribution in [0.3, 0.4) is 0 Å². The summed E-state index contributed by atoms with van der Waals surface area (Å²) in [7, 11) is 1.78. The molecule has 0 atom stereocenters. The number of imidazole rings is 1. The van der Waals surface area contributed by atoms with Crippen LogP contribution in [0.4, 0.5) is 0 Å². The summed E-state index contributed by atoms with van der Waals surface area (Å²) in [5, 5.41) is 0. The predicted molar refractivity (Wildman–Crippen MR) is 80.0 cm³/mol. The molecule has 0 N–H and O–H groups in total. The average Bonchev–Trinajstić information content (AvgIpc) is 2.86. The zero-order valence-corrected chi connectivity index (χ0v) is 11.9. The number of hydrogen-bond acceptors (Lipinski definition) is 2. The van der Waals surface area contributed by atoms with Crippen LogP contribution in [0.2, 0.25) is 0 Å². The predicted octanol–water partition coefficient (Wildman–Crippen LogP) is 2.57. The van der Waals surface area contributed by atoms with Crippen molar-refractivity contribution in [3.05, 3.63) is 58.4 Å². The third kappa shape index (κ3) is 1.93. The lowest BCUT2D eigenvalue weighted by Gasteiger charge is -2.08. The summed E-state index contributed by atoms with van der Waals surface area (Å²) in [4.78, 5) is 16.2. The maximum atomic E-state index is 11.8. The van der Waals surface area contributed by atoms with E-state index in [1.165, 1.54) is 5.69 Å². The topological polar surface area (TPSA) is 39.3 Å². The second-order valence-electron chi connectivity index (χ2n) is 5.08. The first-order valence-corrected chi connectivity index (χ1v) is 6.74. The van der Waals surface area contributed by atoms with Crippen LogP contribution in [-0.4, -0.2) is 14.0 Å². The van der Waals surface area contributed by atoms with Crippen LogP contribution in [0.1, 0.15) is 18.2 Å². The fourth-order valence-corrected chi connectivity index (χ4v) is 2.50. The molecule has 3 heterocycles. The molecule has 0 saturated heterocycles. The zero-order chi connectivity index (χ0) is 14.3. The summed E-state index contributed by atoms with van der Waals surface area (Å²) in [6, 6.07) is 5.99. The Hall–Kier alpha value is -2.36. The Kier molecular flexibility index (Phi) is 2.93. The van der Waals surface area contributed by atoms with E-state index in [2.05, 4.69) is 22.5 Å². The minimum Gasteiger partial charge on any atom is -0.318 e. The second-order valence-corrected chi connectivity index (χ2v) is 5.08. The lowest BCUT2D eigenvalue weighted by Crippen LogP contribution is -2.18. The largest absolute Gasteiger partial charge is 0.318 e. The molecular weight excluding hydrogens is 250 g/mol. The second kappa shape index (κ2) is 4.63. The molecule has 0 radical (unpaired) electrons. The van der Waals surface area contributed by atoms with E-state index >= 15 is 0 Å². The van der Waals surface area contributed by atoms with Gasteiger partial charge >= 0.3 is 0 Å². The van der Waals surface area contributed by atoms with Crippen LogP contribution < -0.4 is 5.56 Å². The SMILES string of the molecule is CCc1cnc2ccc(-c3cc(C)c(=O)n(C)c3)cn12. The summed E-state index contributed by atoms with van der Waals surface area (Å²) in [5.74, 6) is 0. The molecule has 0 saturated carbocycles. The monoisotopic (exact) mass is 267 g/mol. The molecule has 3 aromatic rings. The maximum absolute atomic E-state index is 11.8. The fourth-order valence-electron chi connectivity index (χ4n) is 2.50. The van der Waals surface area contributed by atoms with Crippen molar-refractivity contribution in [3.63, 3.8) is 0 Å². The summed E-state index contributed by atoms with van der Waals surface area (Å²) in [5.41, 5.74) is 5.07. The Morgan fingerprint density at radius 2 is 2.00 bits per heavy atom. The number of nitrogens with zero attached hydrogens (tertiary/aromatic N) is 3. The van der Waals surface area contributed by atoms with Crippen molar-refractivity contribution in [2.75, 3.05) is 0 Å². The van der Waals surface area contributed by atoms with Crippen molar-refractivity contribution in [1.29, 1.82) is 0 Å². The van der Waals surface area contributed by atoms with Gasteiger partial charge in [-0.15, -0.1) is 0 Å². The number of pyridine rings is 2. The molecule has 0 amide bonds. The van der Waals surface area contributed by atoms with Gasteiger partial charge in [0.15, 0.2) is 0 Å². The van der Waals surface area contributed by atoms with Gasteiger partial charge in [-0.25, -0.2) is 4.98 Å². The quantitative estimate of drug-likeness (QED) is 0.716. The number of hydrogen-bond donors (Lipinski definition) is 0. The summed E-state index contributed by atoms with van der Waals surface area (Å²) in [6.07, 6.45) is 6.81. The van der Waals surface area contributed by atoms with E-state index in [-0.39, 0.29) is 5.56 Å². The average molecular weight is 267 g/mol. The normalized spacial score (nSPS) is 11.2. The van der Waals surface area contributed by atoms with E-state index in [0.717, 1.165) is 28.8 Å². The Balaban J connectivity index is 2.21. The first-order valence-electron chi connectivity index (χ1n) is 6.74. The number of aromatic nitrogens is 3. The number of aryl methyl sites for hydroxylation is 3. The highest BCUT2D eigenvalue weighted by Gasteiger charge is 2.06. The standard InChI is InChI=1S/C16H17N3O/c1-4-14-8-17-15-6-5-12(10-19(14)15)13-7-11(2)16(20)18(3)9-13/h5-10H,4H2,1-3H3. The van der Waals surface area contributed by atoms with Gasteiger partial charge in [-0.1, -0.05) is 6.92 Å². The zero-order valence-electron chi connectivity index (χ0n) is 11.9. The van der Waals surface area contributed by atoms with Crippen molar-refractivity contribution in [2.24, 2.45) is 7.05 Å². The Morgan fingerprint density at radius 3 is 2.70 bits per heavy atom. The molecule has 0 aliphatic heterocycles. The fraction of sp³-hybridized carbons (Fsp3) is 0.250. The van der Waals surface area contributed by atoms with E-state index in [1.54, 1.807) is 11.6 Å². The first-order chi connectivity index (χ1) is 9.60. The third-order valence-corrected chi connectivity index (χ3v) is 3.64. The van der Waals surface area contributed by atoms with Gasteiger partial charge in [-0.2, -0.15) is 0 Å². The van der Waals surface area contributed by atoms with Crippen molar-refractivity contribution >= 4 is 5.65 Å². The molecule has 4 nitrogen and oxygen atoms in total. The van der Waals surface area contributed by atoms with Crippen molar-refractivity contribution in [3.8, 4) is 11.1 Å². The molecule has 4 heteroatoms. The van der Waals surface area contributed by atoms with Crippen LogP contribution in [0.25, 0.3) is 16.8 Å². The van der Waals surface area contributed by atoms with E-state index in [1.807, 2.05) is 37.5 Å². The van der Waals surface area contributed by atoms with Gasteiger partial charge in [0.1, 0.15) is 5.65 Å². The Labute approximate surface area is 117 Å². The van der Waals surface area contributed by atoms with Gasteiger partial charge in [0.05, 0.1) is 0 Å². The van der Waals surface area contributed by atoms with Gasteiger partial charge in [-0.3, -0.25) is 4.79 Å². The molecule has 0 aromatic carbocycles. The van der Waals surface area contributed by atoms with Gasteiger partial charge < -0.3 is 8.97 Å². The summed E-state index contributed by atoms with van der Waals surface area (Å²) < 4.78 is 3.74. The van der Waals surface area contributed by atoms with Crippen molar-refractivity contribution in [1.82, 2.24) is 14.0 Å². The molecule has 0 aliphatic carbocycles. The lowest BCUT2D eigenvalue weighted by molar-refractivity contribution is 0.850.